The molecule has 1 aliphatic heterocycles. The van der Waals surface area contributed by atoms with Gasteiger partial charge in [-0.15, -0.1) is 0 Å². The van der Waals surface area contributed by atoms with E-state index in [-0.39, 0.29) is 5.43 Å². The molecular weight excluding hydrogens is 374 g/mol. The van der Waals surface area contributed by atoms with E-state index in [9.17, 15) is 4.79 Å². The highest BCUT2D eigenvalue weighted by Gasteiger charge is 2.17. The van der Waals surface area contributed by atoms with E-state index in [1.165, 1.54) is 21.9 Å². The molecule has 0 saturated carbocycles. The molecule has 5 rings (SSSR count). The molecule has 0 atom stereocenters. The zero-order chi connectivity index (χ0) is 20.5. The van der Waals surface area contributed by atoms with Gasteiger partial charge < -0.3 is 14.1 Å². The largest absolute Gasteiger partial charge is 0.440 e. The Balaban J connectivity index is 1.48. The van der Waals surface area contributed by atoms with Crippen LogP contribution in [0.3, 0.4) is 0 Å². The average Bonchev–Trinajstić information content (AvgIpc) is 2.79. The first-order valence-corrected chi connectivity index (χ1v) is 10.6. The highest BCUT2D eigenvalue weighted by molar-refractivity contribution is 5.86. The Morgan fingerprint density at radius 2 is 1.63 bits per heavy atom. The fourth-order valence-electron chi connectivity index (χ4n) is 4.37. The predicted molar refractivity (Wildman–Crippen MR) is 122 cm³/mol. The maximum atomic E-state index is 12.7. The normalized spacial score (nSPS) is 14.5. The number of aryl methyl sites for hydroxylation is 3. The number of morpholine rings is 1. The van der Waals surface area contributed by atoms with E-state index in [1.54, 1.807) is 6.07 Å². The van der Waals surface area contributed by atoms with Crippen LogP contribution in [0.1, 0.15) is 16.7 Å². The maximum absolute atomic E-state index is 12.7. The van der Waals surface area contributed by atoms with Crippen molar-refractivity contribution < 1.29 is 9.15 Å². The molecule has 0 bridgehead atoms. The van der Waals surface area contributed by atoms with E-state index in [4.69, 9.17) is 9.15 Å². The third kappa shape index (κ3) is 3.48. The third-order valence-electron chi connectivity index (χ3n) is 6.11. The monoisotopic (exact) mass is 399 g/mol. The Morgan fingerprint density at radius 1 is 0.867 bits per heavy atom. The van der Waals surface area contributed by atoms with Crippen molar-refractivity contribution in [3.8, 4) is 0 Å². The van der Waals surface area contributed by atoms with Crippen LogP contribution in [0.5, 0.6) is 0 Å². The SMILES string of the molecule is Cc1c(CCc2cccc3ccccc23)ccc2c(=O)cc(N3CCOCC3)oc12. The molecule has 0 unspecified atom stereocenters. The quantitative estimate of drug-likeness (QED) is 0.491. The van der Waals surface area contributed by atoms with Crippen LogP contribution in [0.2, 0.25) is 0 Å². The lowest BCUT2D eigenvalue weighted by atomic mass is 9.96. The highest BCUT2D eigenvalue weighted by Crippen LogP contribution is 2.27. The fourth-order valence-corrected chi connectivity index (χ4v) is 4.37. The summed E-state index contributed by atoms with van der Waals surface area (Å²) in [5, 5.41) is 3.23. The second-order valence-corrected chi connectivity index (χ2v) is 7.91. The first kappa shape index (κ1) is 18.9. The molecule has 4 nitrogen and oxygen atoms in total. The van der Waals surface area contributed by atoms with E-state index in [0.717, 1.165) is 31.5 Å². The molecule has 152 valence electrons. The van der Waals surface area contributed by atoms with Crippen LogP contribution in [-0.4, -0.2) is 26.3 Å². The van der Waals surface area contributed by atoms with Gasteiger partial charge in [-0.2, -0.15) is 0 Å². The number of hydrogen-bond donors (Lipinski definition) is 0. The van der Waals surface area contributed by atoms with Crippen molar-refractivity contribution in [1.29, 1.82) is 0 Å². The molecule has 4 aromatic rings. The number of anilines is 1. The summed E-state index contributed by atoms with van der Waals surface area (Å²) in [7, 11) is 0. The Labute approximate surface area is 175 Å². The van der Waals surface area contributed by atoms with Crippen LogP contribution in [0.15, 0.2) is 69.9 Å². The Kier molecular flexibility index (Phi) is 5.01. The van der Waals surface area contributed by atoms with Crippen LogP contribution >= 0.6 is 0 Å². The Hall–Kier alpha value is -3.11. The zero-order valence-electron chi connectivity index (χ0n) is 17.2. The molecule has 1 aliphatic rings. The predicted octanol–water partition coefficient (Wildman–Crippen LogP) is 4.88. The molecule has 0 radical (unpaired) electrons. The molecule has 30 heavy (non-hydrogen) atoms. The van der Waals surface area contributed by atoms with E-state index >= 15 is 0 Å². The summed E-state index contributed by atoms with van der Waals surface area (Å²) in [6.07, 6.45) is 1.85. The summed E-state index contributed by atoms with van der Waals surface area (Å²) >= 11 is 0. The summed E-state index contributed by atoms with van der Waals surface area (Å²) < 4.78 is 11.7. The second kappa shape index (κ2) is 7.96. The molecule has 1 saturated heterocycles. The third-order valence-corrected chi connectivity index (χ3v) is 6.11. The van der Waals surface area contributed by atoms with E-state index in [1.807, 2.05) is 6.07 Å². The molecule has 3 aromatic carbocycles. The molecule has 0 N–H and O–H groups in total. The van der Waals surface area contributed by atoms with Crippen LogP contribution in [0.4, 0.5) is 5.88 Å². The molecule has 0 spiro atoms. The van der Waals surface area contributed by atoms with Crippen molar-refractivity contribution in [2.45, 2.75) is 19.8 Å². The summed E-state index contributed by atoms with van der Waals surface area (Å²) in [5.74, 6) is 0.644. The number of fused-ring (bicyclic) bond motifs is 2. The Morgan fingerprint density at radius 3 is 2.50 bits per heavy atom. The van der Waals surface area contributed by atoms with Crippen molar-refractivity contribution in [3.63, 3.8) is 0 Å². The minimum Gasteiger partial charge on any atom is -0.440 e. The van der Waals surface area contributed by atoms with Gasteiger partial charge in [-0.25, -0.2) is 0 Å². The van der Waals surface area contributed by atoms with E-state index in [2.05, 4.69) is 60.4 Å². The Bertz CT molecular complexity index is 1260. The van der Waals surface area contributed by atoms with Gasteiger partial charge >= 0.3 is 0 Å². The van der Waals surface area contributed by atoms with Gasteiger partial charge in [0, 0.05) is 19.2 Å². The second-order valence-electron chi connectivity index (χ2n) is 7.91. The van der Waals surface area contributed by atoms with Crippen LogP contribution < -0.4 is 10.3 Å². The molecule has 1 aromatic heterocycles. The van der Waals surface area contributed by atoms with Crippen molar-refractivity contribution in [1.82, 2.24) is 0 Å². The van der Waals surface area contributed by atoms with Gasteiger partial charge in [0.1, 0.15) is 5.58 Å². The van der Waals surface area contributed by atoms with Gasteiger partial charge in [-0.1, -0.05) is 48.5 Å². The number of nitrogens with zero attached hydrogens (tertiary/aromatic N) is 1. The number of benzene rings is 3. The number of ether oxygens (including phenoxy) is 1. The minimum absolute atomic E-state index is 0.0152. The maximum Gasteiger partial charge on any atom is 0.200 e. The van der Waals surface area contributed by atoms with Crippen LogP contribution in [0.25, 0.3) is 21.7 Å². The topological polar surface area (TPSA) is 42.7 Å². The summed E-state index contributed by atoms with van der Waals surface area (Å²) in [4.78, 5) is 14.8. The lowest BCUT2D eigenvalue weighted by molar-refractivity contribution is 0.121. The number of hydrogen-bond acceptors (Lipinski definition) is 4. The van der Waals surface area contributed by atoms with Gasteiger partial charge in [0.25, 0.3) is 0 Å². The van der Waals surface area contributed by atoms with E-state index in [0.29, 0.717) is 30.1 Å². The van der Waals surface area contributed by atoms with Gasteiger partial charge in [-0.3, -0.25) is 4.79 Å². The smallest absolute Gasteiger partial charge is 0.200 e. The summed E-state index contributed by atoms with van der Waals surface area (Å²) in [5.41, 5.74) is 4.34. The van der Waals surface area contributed by atoms with E-state index < -0.39 is 0 Å². The summed E-state index contributed by atoms with van der Waals surface area (Å²) in [6, 6.07) is 20.6. The molecule has 4 heteroatoms. The van der Waals surface area contributed by atoms with Crippen LogP contribution in [-0.2, 0) is 17.6 Å². The van der Waals surface area contributed by atoms with Gasteiger partial charge in [-0.05, 0) is 53.3 Å². The lowest BCUT2D eigenvalue weighted by Gasteiger charge is -2.27. The minimum atomic E-state index is 0.0152. The standard InChI is InChI=1S/C26H25NO3/c1-18-19(9-10-21-7-4-6-20-5-2-3-8-22(20)21)11-12-23-24(28)17-25(30-26(18)23)27-13-15-29-16-14-27/h2-8,11-12,17H,9-10,13-16H2,1H3. The fraction of sp³-hybridized carbons (Fsp3) is 0.269. The zero-order valence-corrected chi connectivity index (χ0v) is 17.2. The van der Waals surface area contributed by atoms with Gasteiger partial charge in [0.05, 0.1) is 18.6 Å². The first-order chi connectivity index (χ1) is 14.7. The molecule has 2 heterocycles. The van der Waals surface area contributed by atoms with Crippen molar-refractivity contribution in [2.24, 2.45) is 0 Å². The molecular formula is C26H25NO3. The number of rotatable bonds is 4. The molecule has 1 fully saturated rings. The summed E-state index contributed by atoms with van der Waals surface area (Å²) in [6.45, 7) is 4.87. The lowest BCUT2D eigenvalue weighted by Crippen LogP contribution is -2.36. The van der Waals surface area contributed by atoms with Crippen molar-refractivity contribution in [2.75, 3.05) is 31.2 Å². The average molecular weight is 399 g/mol. The first-order valence-electron chi connectivity index (χ1n) is 10.6. The molecule has 0 amide bonds. The molecule has 0 aliphatic carbocycles. The van der Waals surface area contributed by atoms with Gasteiger partial charge in [0.15, 0.2) is 11.3 Å². The van der Waals surface area contributed by atoms with Crippen LogP contribution in [0, 0.1) is 6.92 Å². The van der Waals surface area contributed by atoms with Gasteiger partial charge in [0.2, 0.25) is 0 Å². The highest BCUT2D eigenvalue weighted by atomic mass is 16.5. The van der Waals surface area contributed by atoms with Crippen molar-refractivity contribution in [3.05, 3.63) is 87.6 Å². The van der Waals surface area contributed by atoms with Crippen molar-refractivity contribution >= 4 is 27.6 Å².